The monoisotopic (exact) mass is 349 g/mol. The normalized spacial score (nSPS) is 12.7. The van der Waals surface area contributed by atoms with Crippen LogP contribution in [0.15, 0.2) is 22.7 Å². The highest BCUT2D eigenvalue weighted by molar-refractivity contribution is 9.10. The quantitative estimate of drug-likeness (QED) is 0.774. The summed E-state index contributed by atoms with van der Waals surface area (Å²) in [4.78, 5) is 0. The first kappa shape index (κ1) is 16.8. The van der Waals surface area contributed by atoms with E-state index in [9.17, 15) is 0 Å². The van der Waals surface area contributed by atoms with Gasteiger partial charge in [-0.05, 0) is 30.7 Å². The Morgan fingerprint density at radius 2 is 2.05 bits per heavy atom. The highest BCUT2D eigenvalue weighted by Gasteiger charge is 2.12. The summed E-state index contributed by atoms with van der Waals surface area (Å²) in [6, 6.07) is 5.59. The van der Waals surface area contributed by atoms with Crippen LogP contribution in [0.25, 0.3) is 0 Å². The number of hydrogen-bond acceptors (Lipinski definition) is 3. The predicted molar refractivity (Wildman–Crippen MR) is 83.2 cm³/mol. The average molecular weight is 351 g/mol. The number of nitrogens with one attached hydrogen (secondary N) is 1. The predicted octanol–water partition coefficient (Wildman–Crippen LogP) is 3.74. The third kappa shape index (κ3) is 6.61. The van der Waals surface area contributed by atoms with Crippen LogP contribution in [0.5, 0.6) is 5.75 Å². The molecule has 5 heteroatoms. The summed E-state index contributed by atoms with van der Waals surface area (Å²) >= 11 is 9.52. The number of halogens is 2. The Balaban J connectivity index is 2.56. The van der Waals surface area contributed by atoms with Gasteiger partial charge in [0.15, 0.2) is 0 Å². The largest absolute Gasteiger partial charge is 0.485 e. The molecule has 0 saturated heterocycles. The highest BCUT2D eigenvalue weighted by Crippen LogP contribution is 2.28. The molecule has 0 heterocycles. The SMILES string of the molecule is COCC(CNCC(C)C)Oc1ccc(Br)cc1Cl. The Kier molecular flexibility index (Phi) is 7.76. The zero-order valence-corrected chi connectivity index (χ0v) is 13.9. The topological polar surface area (TPSA) is 30.5 Å². The molecule has 0 amide bonds. The number of ether oxygens (including phenoxy) is 2. The van der Waals surface area contributed by atoms with Gasteiger partial charge in [-0.1, -0.05) is 41.4 Å². The molecule has 1 unspecified atom stereocenters. The molecule has 0 radical (unpaired) electrons. The molecule has 0 saturated carbocycles. The maximum absolute atomic E-state index is 6.14. The van der Waals surface area contributed by atoms with Gasteiger partial charge in [0.05, 0.1) is 11.6 Å². The number of hydrogen-bond donors (Lipinski definition) is 1. The van der Waals surface area contributed by atoms with Crippen molar-refractivity contribution in [2.75, 3.05) is 26.8 Å². The molecule has 1 aromatic carbocycles. The van der Waals surface area contributed by atoms with Crippen molar-refractivity contribution in [1.29, 1.82) is 0 Å². The van der Waals surface area contributed by atoms with Gasteiger partial charge in [0.2, 0.25) is 0 Å². The van der Waals surface area contributed by atoms with Crippen LogP contribution >= 0.6 is 27.5 Å². The zero-order chi connectivity index (χ0) is 14.3. The molecular weight excluding hydrogens is 330 g/mol. The summed E-state index contributed by atoms with van der Waals surface area (Å²) in [6.45, 7) is 6.56. The fourth-order valence-electron chi connectivity index (χ4n) is 1.60. The average Bonchev–Trinajstić information content (AvgIpc) is 2.32. The lowest BCUT2D eigenvalue weighted by Crippen LogP contribution is -2.36. The van der Waals surface area contributed by atoms with Crippen molar-refractivity contribution in [3.05, 3.63) is 27.7 Å². The van der Waals surface area contributed by atoms with Crippen LogP contribution in [0, 0.1) is 5.92 Å². The summed E-state index contributed by atoms with van der Waals surface area (Å²) in [5, 5.41) is 3.96. The van der Waals surface area contributed by atoms with Crippen LogP contribution in [0.1, 0.15) is 13.8 Å². The summed E-state index contributed by atoms with van der Waals surface area (Å²) in [5.41, 5.74) is 0. The van der Waals surface area contributed by atoms with Crippen LogP contribution in [0.3, 0.4) is 0 Å². The highest BCUT2D eigenvalue weighted by atomic mass is 79.9. The minimum absolute atomic E-state index is 0.0533. The van der Waals surface area contributed by atoms with Crippen LogP contribution in [-0.4, -0.2) is 32.9 Å². The number of rotatable bonds is 8. The molecule has 0 aliphatic heterocycles. The lowest BCUT2D eigenvalue weighted by Gasteiger charge is -2.20. The van der Waals surface area contributed by atoms with Crippen LogP contribution in [0.2, 0.25) is 5.02 Å². The zero-order valence-electron chi connectivity index (χ0n) is 11.6. The van der Waals surface area contributed by atoms with Crippen molar-refractivity contribution < 1.29 is 9.47 Å². The lowest BCUT2D eigenvalue weighted by molar-refractivity contribution is 0.0803. The van der Waals surface area contributed by atoms with Crippen molar-refractivity contribution in [2.45, 2.75) is 20.0 Å². The van der Waals surface area contributed by atoms with E-state index < -0.39 is 0 Å². The van der Waals surface area contributed by atoms with Gasteiger partial charge in [0.25, 0.3) is 0 Å². The van der Waals surface area contributed by atoms with Gasteiger partial charge < -0.3 is 14.8 Å². The Bertz CT molecular complexity index is 388. The molecule has 3 nitrogen and oxygen atoms in total. The Morgan fingerprint density at radius 1 is 1.32 bits per heavy atom. The standard InChI is InChI=1S/C14H21BrClNO2/c1-10(2)7-17-8-12(9-18-3)19-14-5-4-11(15)6-13(14)16/h4-6,10,12,17H,7-9H2,1-3H3. The number of methoxy groups -OCH3 is 1. The van der Waals surface area contributed by atoms with Gasteiger partial charge in [0.1, 0.15) is 11.9 Å². The molecule has 0 bridgehead atoms. The van der Waals surface area contributed by atoms with Crippen LogP contribution < -0.4 is 10.1 Å². The minimum atomic E-state index is -0.0533. The summed E-state index contributed by atoms with van der Waals surface area (Å²) in [7, 11) is 1.67. The van der Waals surface area contributed by atoms with Gasteiger partial charge >= 0.3 is 0 Å². The van der Waals surface area contributed by atoms with Gasteiger partial charge in [-0.25, -0.2) is 0 Å². The molecule has 0 fully saturated rings. The van der Waals surface area contributed by atoms with E-state index in [1.807, 2.05) is 18.2 Å². The van der Waals surface area contributed by atoms with Crippen molar-refractivity contribution >= 4 is 27.5 Å². The van der Waals surface area contributed by atoms with E-state index in [1.54, 1.807) is 7.11 Å². The molecule has 0 spiro atoms. The lowest BCUT2D eigenvalue weighted by atomic mass is 10.2. The van der Waals surface area contributed by atoms with Crippen molar-refractivity contribution in [2.24, 2.45) is 5.92 Å². The third-order valence-corrected chi connectivity index (χ3v) is 3.25. The van der Waals surface area contributed by atoms with E-state index in [0.717, 1.165) is 17.6 Å². The minimum Gasteiger partial charge on any atom is -0.485 e. The molecular formula is C14H21BrClNO2. The van der Waals surface area contributed by atoms with Crippen LogP contribution in [-0.2, 0) is 4.74 Å². The van der Waals surface area contributed by atoms with E-state index in [4.69, 9.17) is 21.1 Å². The van der Waals surface area contributed by atoms with E-state index in [0.29, 0.717) is 23.3 Å². The molecule has 1 aromatic rings. The van der Waals surface area contributed by atoms with Gasteiger partial charge in [0, 0.05) is 18.1 Å². The molecule has 1 N–H and O–H groups in total. The maximum atomic E-state index is 6.14. The van der Waals surface area contributed by atoms with Gasteiger partial charge in [-0.15, -0.1) is 0 Å². The van der Waals surface area contributed by atoms with Gasteiger partial charge in [-0.3, -0.25) is 0 Å². The molecule has 108 valence electrons. The van der Waals surface area contributed by atoms with E-state index >= 15 is 0 Å². The molecule has 19 heavy (non-hydrogen) atoms. The summed E-state index contributed by atoms with van der Waals surface area (Å²) in [5.74, 6) is 1.29. The maximum Gasteiger partial charge on any atom is 0.138 e. The summed E-state index contributed by atoms with van der Waals surface area (Å²) in [6.07, 6.45) is -0.0533. The molecule has 0 aliphatic carbocycles. The van der Waals surface area contributed by atoms with Gasteiger partial charge in [-0.2, -0.15) is 0 Å². The molecule has 1 rings (SSSR count). The Morgan fingerprint density at radius 3 is 2.63 bits per heavy atom. The first-order valence-electron chi connectivity index (χ1n) is 6.34. The first-order chi connectivity index (χ1) is 9.02. The first-order valence-corrected chi connectivity index (χ1v) is 7.51. The van der Waals surface area contributed by atoms with Crippen molar-refractivity contribution in [3.63, 3.8) is 0 Å². The fraction of sp³-hybridized carbons (Fsp3) is 0.571. The molecule has 1 atom stereocenters. The smallest absolute Gasteiger partial charge is 0.138 e. The van der Waals surface area contributed by atoms with Crippen molar-refractivity contribution in [3.8, 4) is 5.75 Å². The molecule has 0 aliphatic rings. The second-order valence-corrected chi connectivity index (χ2v) is 6.14. The second-order valence-electron chi connectivity index (χ2n) is 4.82. The number of benzene rings is 1. The fourth-order valence-corrected chi connectivity index (χ4v) is 2.32. The Labute approximate surface area is 128 Å². The third-order valence-electron chi connectivity index (χ3n) is 2.46. The van der Waals surface area contributed by atoms with Crippen molar-refractivity contribution in [1.82, 2.24) is 5.32 Å². The van der Waals surface area contributed by atoms with E-state index in [1.165, 1.54) is 0 Å². The second kappa shape index (κ2) is 8.80. The van der Waals surface area contributed by atoms with E-state index in [-0.39, 0.29) is 6.10 Å². The Hall–Kier alpha value is -0.290. The molecule has 0 aromatic heterocycles. The van der Waals surface area contributed by atoms with E-state index in [2.05, 4.69) is 35.1 Å². The summed E-state index contributed by atoms with van der Waals surface area (Å²) < 4.78 is 12.0. The van der Waals surface area contributed by atoms with Crippen LogP contribution in [0.4, 0.5) is 0 Å².